The Balaban J connectivity index is 2.05. The summed E-state index contributed by atoms with van der Waals surface area (Å²) in [7, 11) is 0. The fourth-order valence-corrected chi connectivity index (χ4v) is 2.50. The summed E-state index contributed by atoms with van der Waals surface area (Å²) in [5.41, 5.74) is 1.14. The van der Waals surface area contributed by atoms with Gasteiger partial charge in [-0.05, 0) is 41.8 Å². The van der Waals surface area contributed by atoms with Crippen LogP contribution < -0.4 is 0 Å². The van der Waals surface area contributed by atoms with E-state index in [0.717, 1.165) is 0 Å². The summed E-state index contributed by atoms with van der Waals surface area (Å²) in [5.74, 6) is -0.690. The van der Waals surface area contributed by atoms with Crippen LogP contribution in [0.5, 0.6) is 0 Å². The van der Waals surface area contributed by atoms with Crippen molar-refractivity contribution in [2.24, 2.45) is 0 Å². The molecule has 4 heteroatoms. The third kappa shape index (κ3) is 4.11. The molecule has 0 fully saturated rings. The monoisotopic (exact) mass is 326 g/mol. The Hall–Kier alpha value is -1.26. The van der Waals surface area contributed by atoms with Gasteiger partial charge in [0.15, 0.2) is 0 Å². The van der Waals surface area contributed by atoms with Crippen molar-refractivity contribution in [2.75, 3.05) is 0 Å². The summed E-state index contributed by atoms with van der Waals surface area (Å²) in [6, 6.07) is 10.8. The van der Waals surface area contributed by atoms with E-state index in [1.807, 2.05) is 0 Å². The number of hydrogen-bond acceptors (Lipinski definition) is 1. The minimum Gasteiger partial charge on any atom is -0.392 e. The number of benzene rings is 2. The molecule has 0 saturated carbocycles. The second-order valence-electron chi connectivity index (χ2n) is 4.43. The van der Waals surface area contributed by atoms with Gasteiger partial charge < -0.3 is 5.11 Å². The molecule has 2 rings (SSSR count). The maximum absolute atomic E-state index is 13.4. The summed E-state index contributed by atoms with van der Waals surface area (Å²) < 4.78 is 27.3. The maximum Gasteiger partial charge on any atom is 0.126 e. The van der Waals surface area contributed by atoms with Gasteiger partial charge in [0.1, 0.15) is 11.6 Å². The average molecular weight is 327 g/mol. The summed E-state index contributed by atoms with van der Waals surface area (Å²) in [4.78, 5) is 0. The summed E-state index contributed by atoms with van der Waals surface area (Å²) >= 11 is 3.20. The lowest BCUT2D eigenvalue weighted by Crippen LogP contribution is -2.15. The lowest BCUT2D eigenvalue weighted by Gasteiger charge is -2.12. The van der Waals surface area contributed by atoms with Gasteiger partial charge >= 0.3 is 0 Å². The van der Waals surface area contributed by atoms with Crippen LogP contribution in [0.25, 0.3) is 0 Å². The Morgan fingerprint density at radius 1 is 1.05 bits per heavy atom. The van der Waals surface area contributed by atoms with Crippen molar-refractivity contribution in [3.63, 3.8) is 0 Å². The van der Waals surface area contributed by atoms with Crippen LogP contribution in [0, 0.1) is 11.6 Å². The number of halogens is 3. The lowest BCUT2D eigenvalue weighted by atomic mass is 10.0. The standard InChI is InChI=1S/C15H13BrF2O/c16-12-5-10(6-13(17)9-12)7-14(19)8-11-3-1-2-4-15(11)18/h1-6,9,14,19H,7-8H2. The molecule has 0 spiro atoms. The first-order chi connectivity index (χ1) is 9.04. The molecule has 0 amide bonds. The highest BCUT2D eigenvalue weighted by molar-refractivity contribution is 9.10. The van der Waals surface area contributed by atoms with Crippen molar-refractivity contribution >= 4 is 15.9 Å². The molecule has 1 unspecified atom stereocenters. The van der Waals surface area contributed by atoms with Gasteiger partial charge in [-0.1, -0.05) is 34.1 Å². The topological polar surface area (TPSA) is 20.2 Å². The van der Waals surface area contributed by atoms with Crippen molar-refractivity contribution in [2.45, 2.75) is 18.9 Å². The fourth-order valence-electron chi connectivity index (χ4n) is 1.99. The smallest absolute Gasteiger partial charge is 0.126 e. The van der Waals surface area contributed by atoms with Gasteiger partial charge in [0.2, 0.25) is 0 Å². The molecule has 2 aromatic carbocycles. The molecule has 1 nitrogen and oxygen atoms in total. The van der Waals surface area contributed by atoms with Gasteiger partial charge in [-0.25, -0.2) is 8.78 Å². The summed E-state index contributed by atoms with van der Waals surface area (Å²) in [5, 5.41) is 9.96. The van der Waals surface area contributed by atoms with Crippen LogP contribution in [0.2, 0.25) is 0 Å². The SMILES string of the molecule is OC(Cc1cc(F)cc(Br)c1)Cc1ccccc1F. The van der Waals surface area contributed by atoms with Crippen LogP contribution >= 0.6 is 15.9 Å². The Morgan fingerprint density at radius 2 is 1.79 bits per heavy atom. The molecule has 100 valence electrons. The molecule has 0 bridgehead atoms. The van der Waals surface area contributed by atoms with Crippen molar-refractivity contribution < 1.29 is 13.9 Å². The van der Waals surface area contributed by atoms with E-state index in [4.69, 9.17) is 0 Å². The van der Waals surface area contributed by atoms with Crippen LogP contribution in [-0.4, -0.2) is 11.2 Å². The van der Waals surface area contributed by atoms with E-state index >= 15 is 0 Å². The Kier molecular flexibility index (Phi) is 4.66. The fraction of sp³-hybridized carbons (Fsp3) is 0.200. The first-order valence-corrected chi connectivity index (χ1v) is 6.70. The second kappa shape index (κ2) is 6.26. The number of aliphatic hydroxyl groups is 1. The van der Waals surface area contributed by atoms with Crippen LogP contribution in [0.15, 0.2) is 46.9 Å². The van der Waals surface area contributed by atoms with Gasteiger partial charge in [0, 0.05) is 10.9 Å². The molecular weight excluding hydrogens is 314 g/mol. The molecule has 2 aromatic rings. The minimum atomic E-state index is -0.745. The Bertz CT molecular complexity index is 552. The van der Waals surface area contributed by atoms with Crippen molar-refractivity contribution in [1.29, 1.82) is 0 Å². The first kappa shape index (κ1) is 14.2. The predicted octanol–water partition coefficient (Wildman–Crippen LogP) is 3.87. The van der Waals surface area contributed by atoms with Gasteiger partial charge in [0.25, 0.3) is 0 Å². The Labute approximate surface area is 119 Å². The molecular formula is C15H13BrF2O. The summed E-state index contributed by atoms with van der Waals surface area (Å²) in [6.07, 6.45) is -0.253. The third-order valence-corrected chi connectivity index (χ3v) is 3.26. The highest BCUT2D eigenvalue weighted by Crippen LogP contribution is 2.18. The van der Waals surface area contributed by atoms with E-state index in [9.17, 15) is 13.9 Å². The molecule has 0 aliphatic heterocycles. The molecule has 0 aliphatic rings. The van der Waals surface area contributed by atoms with Crippen LogP contribution in [0.3, 0.4) is 0 Å². The maximum atomic E-state index is 13.4. The average Bonchev–Trinajstić information content (AvgIpc) is 2.30. The van der Waals surface area contributed by atoms with E-state index in [1.165, 1.54) is 18.2 Å². The van der Waals surface area contributed by atoms with Crippen LogP contribution in [-0.2, 0) is 12.8 Å². The molecule has 0 aromatic heterocycles. The quantitative estimate of drug-likeness (QED) is 0.904. The zero-order chi connectivity index (χ0) is 13.8. The van der Waals surface area contributed by atoms with Crippen molar-refractivity contribution in [3.8, 4) is 0 Å². The van der Waals surface area contributed by atoms with Crippen LogP contribution in [0.4, 0.5) is 8.78 Å². The summed E-state index contributed by atoms with van der Waals surface area (Å²) in [6.45, 7) is 0. The van der Waals surface area contributed by atoms with Crippen molar-refractivity contribution in [1.82, 2.24) is 0 Å². The van der Waals surface area contributed by atoms with Gasteiger partial charge in [-0.3, -0.25) is 0 Å². The normalized spacial score (nSPS) is 12.4. The van der Waals surface area contributed by atoms with Gasteiger partial charge in [0.05, 0.1) is 6.10 Å². The first-order valence-electron chi connectivity index (χ1n) is 5.91. The molecule has 1 atom stereocenters. The molecule has 0 aliphatic carbocycles. The zero-order valence-electron chi connectivity index (χ0n) is 10.1. The lowest BCUT2D eigenvalue weighted by molar-refractivity contribution is 0.174. The van der Waals surface area contributed by atoms with E-state index < -0.39 is 6.10 Å². The van der Waals surface area contributed by atoms with Crippen molar-refractivity contribution in [3.05, 3.63) is 69.7 Å². The highest BCUT2D eigenvalue weighted by atomic mass is 79.9. The largest absolute Gasteiger partial charge is 0.392 e. The molecule has 19 heavy (non-hydrogen) atoms. The van der Waals surface area contributed by atoms with E-state index in [-0.39, 0.29) is 24.5 Å². The number of rotatable bonds is 4. The molecule has 0 heterocycles. The predicted molar refractivity (Wildman–Crippen MR) is 73.9 cm³/mol. The number of aliphatic hydroxyl groups excluding tert-OH is 1. The zero-order valence-corrected chi connectivity index (χ0v) is 11.7. The minimum absolute atomic E-state index is 0.209. The van der Waals surface area contributed by atoms with E-state index in [2.05, 4.69) is 15.9 Å². The van der Waals surface area contributed by atoms with Crippen LogP contribution in [0.1, 0.15) is 11.1 Å². The van der Waals surface area contributed by atoms with Gasteiger partial charge in [-0.15, -0.1) is 0 Å². The van der Waals surface area contributed by atoms with Gasteiger partial charge in [-0.2, -0.15) is 0 Å². The molecule has 0 saturated heterocycles. The molecule has 0 radical (unpaired) electrons. The Morgan fingerprint density at radius 3 is 2.47 bits per heavy atom. The second-order valence-corrected chi connectivity index (χ2v) is 5.35. The third-order valence-electron chi connectivity index (χ3n) is 2.81. The van der Waals surface area contributed by atoms with E-state index in [0.29, 0.717) is 15.6 Å². The number of hydrogen-bond donors (Lipinski definition) is 1. The van der Waals surface area contributed by atoms with E-state index in [1.54, 1.807) is 24.3 Å². The highest BCUT2D eigenvalue weighted by Gasteiger charge is 2.11. The molecule has 1 N–H and O–H groups in total.